The zero-order valence-electron chi connectivity index (χ0n) is 9.93. The first kappa shape index (κ1) is 11.7. The van der Waals surface area contributed by atoms with Gasteiger partial charge in [0.1, 0.15) is 11.5 Å². The minimum absolute atomic E-state index is 0.217. The molecule has 3 nitrogen and oxygen atoms in total. The number of hydrogen-bond donors (Lipinski definition) is 1. The molecule has 0 aliphatic carbocycles. The Bertz CT molecular complexity index is 434. The van der Waals surface area contributed by atoms with Gasteiger partial charge in [-0.1, -0.05) is 19.1 Å². The molecule has 0 fully saturated rings. The molecule has 1 heterocycles. The van der Waals surface area contributed by atoms with E-state index in [2.05, 4.69) is 6.92 Å². The van der Waals surface area contributed by atoms with Crippen molar-refractivity contribution in [1.29, 1.82) is 0 Å². The minimum Gasteiger partial charge on any atom is -0.494 e. The van der Waals surface area contributed by atoms with Crippen LogP contribution in [-0.4, -0.2) is 6.61 Å². The Balaban J connectivity index is 2.07. The summed E-state index contributed by atoms with van der Waals surface area (Å²) in [6, 6.07) is 11.3. The smallest absolute Gasteiger partial charge is 0.124 e. The Morgan fingerprint density at radius 2 is 2.00 bits per heavy atom. The van der Waals surface area contributed by atoms with Gasteiger partial charge in [0, 0.05) is 0 Å². The predicted octanol–water partition coefficient (Wildman–Crippen LogP) is 3.12. The highest BCUT2D eigenvalue weighted by Crippen LogP contribution is 2.22. The van der Waals surface area contributed by atoms with Crippen LogP contribution in [0.25, 0.3) is 0 Å². The maximum Gasteiger partial charge on any atom is 0.124 e. The average Bonchev–Trinajstić information content (AvgIpc) is 2.90. The quantitative estimate of drug-likeness (QED) is 0.860. The zero-order valence-corrected chi connectivity index (χ0v) is 9.93. The lowest BCUT2D eigenvalue weighted by Crippen LogP contribution is -2.10. The molecule has 0 aliphatic heterocycles. The maximum absolute atomic E-state index is 6.08. The molecule has 0 saturated carbocycles. The third kappa shape index (κ3) is 2.88. The van der Waals surface area contributed by atoms with Gasteiger partial charge in [0.2, 0.25) is 0 Å². The standard InChI is InChI=1S/C14H17NO2/c1-2-9-16-12-7-5-11(6-8-12)14(15)13-4-3-10-17-13/h3-8,10,14H,2,9,15H2,1H3. The highest BCUT2D eigenvalue weighted by Gasteiger charge is 2.11. The van der Waals surface area contributed by atoms with Crippen LogP contribution >= 0.6 is 0 Å². The normalized spacial score (nSPS) is 12.4. The summed E-state index contributed by atoms with van der Waals surface area (Å²) in [5, 5.41) is 0. The molecule has 1 atom stereocenters. The molecule has 1 aromatic carbocycles. The molecule has 2 rings (SSSR count). The van der Waals surface area contributed by atoms with Crippen LogP contribution < -0.4 is 10.5 Å². The summed E-state index contributed by atoms with van der Waals surface area (Å²) in [6.07, 6.45) is 2.64. The van der Waals surface area contributed by atoms with Crippen LogP contribution in [0.2, 0.25) is 0 Å². The molecular weight excluding hydrogens is 214 g/mol. The van der Waals surface area contributed by atoms with Gasteiger partial charge < -0.3 is 14.9 Å². The molecule has 0 spiro atoms. The summed E-state index contributed by atoms with van der Waals surface area (Å²) in [7, 11) is 0. The summed E-state index contributed by atoms with van der Waals surface area (Å²) < 4.78 is 10.8. The van der Waals surface area contributed by atoms with E-state index < -0.39 is 0 Å². The van der Waals surface area contributed by atoms with Gasteiger partial charge in [0.05, 0.1) is 18.9 Å². The number of hydrogen-bond acceptors (Lipinski definition) is 3. The second-order valence-electron chi connectivity index (χ2n) is 3.91. The van der Waals surface area contributed by atoms with Crippen LogP contribution in [0.5, 0.6) is 5.75 Å². The summed E-state index contributed by atoms with van der Waals surface area (Å²) in [6.45, 7) is 2.82. The largest absolute Gasteiger partial charge is 0.494 e. The Morgan fingerprint density at radius 1 is 1.24 bits per heavy atom. The zero-order chi connectivity index (χ0) is 12.1. The first-order chi connectivity index (χ1) is 8.31. The Morgan fingerprint density at radius 3 is 2.59 bits per heavy atom. The lowest BCUT2D eigenvalue weighted by atomic mass is 10.1. The van der Waals surface area contributed by atoms with Gasteiger partial charge in [-0.25, -0.2) is 0 Å². The summed E-state index contributed by atoms with van der Waals surface area (Å²) in [5.74, 6) is 1.65. The van der Waals surface area contributed by atoms with E-state index in [9.17, 15) is 0 Å². The molecular formula is C14H17NO2. The third-order valence-electron chi connectivity index (χ3n) is 2.56. The van der Waals surface area contributed by atoms with Crippen molar-refractivity contribution < 1.29 is 9.15 Å². The predicted molar refractivity (Wildman–Crippen MR) is 67.0 cm³/mol. The highest BCUT2D eigenvalue weighted by molar-refractivity contribution is 5.32. The van der Waals surface area contributed by atoms with Gasteiger partial charge in [-0.2, -0.15) is 0 Å². The van der Waals surface area contributed by atoms with E-state index >= 15 is 0 Å². The van der Waals surface area contributed by atoms with E-state index in [1.165, 1.54) is 0 Å². The molecule has 17 heavy (non-hydrogen) atoms. The maximum atomic E-state index is 6.08. The Kier molecular flexibility index (Phi) is 3.83. The number of nitrogens with two attached hydrogens (primary N) is 1. The van der Waals surface area contributed by atoms with Crippen LogP contribution in [0.3, 0.4) is 0 Å². The fourth-order valence-electron chi connectivity index (χ4n) is 1.62. The molecule has 90 valence electrons. The lowest BCUT2D eigenvalue weighted by molar-refractivity contribution is 0.317. The van der Waals surface area contributed by atoms with Crippen LogP contribution in [0.4, 0.5) is 0 Å². The van der Waals surface area contributed by atoms with Gasteiger partial charge in [-0.3, -0.25) is 0 Å². The molecule has 1 unspecified atom stereocenters. The number of ether oxygens (including phenoxy) is 1. The van der Waals surface area contributed by atoms with Crippen LogP contribution in [0, 0.1) is 0 Å². The fourth-order valence-corrected chi connectivity index (χ4v) is 1.62. The molecule has 0 radical (unpaired) electrons. The minimum atomic E-state index is -0.217. The highest BCUT2D eigenvalue weighted by atomic mass is 16.5. The van der Waals surface area contributed by atoms with Crippen molar-refractivity contribution in [2.45, 2.75) is 19.4 Å². The molecule has 0 aliphatic rings. The number of benzene rings is 1. The van der Waals surface area contributed by atoms with Gasteiger partial charge in [0.15, 0.2) is 0 Å². The van der Waals surface area contributed by atoms with Gasteiger partial charge in [0.25, 0.3) is 0 Å². The van der Waals surface area contributed by atoms with Crippen molar-refractivity contribution in [2.24, 2.45) is 5.73 Å². The molecule has 3 heteroatoms. The second kappa shape index (κ2) is 5.55. The Labute approximate surface area is 101 Å². The second-order valence-corrected chi connectivity index (χ2v) is 3.91. The van der Waals surface area contributed by atoms with E-state index in [-0.39, 0.29) is 6.04 Å². The van der Waals surface area contributed by atoms with Crippen LogP contribution in [0.15, 0.2) is 47.1 Å². The molecule has 2 N–H and O–H groups in total. The number of furan rings is 1. The summed E-state index contributed by atoms with van der Waals surface area (Å²) in [5.41, 5.74) is 7.09. The Hall–Kier alpha value is -1.74. The van der Waals surface area contributed by atoms with E-state index in [0.717, 1.165) is 30.1 Å². The van der Waals surface area contributed by atoms with E-state index in [4.69, 9.17) is 14.9 Å². The molecule has 0 saturated heterocycles. The number of rotatable bonds is 5. The average molecular weight is 231 g/mol. The molecule has 1 aromatic heterocycles. The van der Waals surface area contributed by atoms with Gasteiger partial charge >= 0.3 is 0 Å². The SMILES string of the molecule is CCCOc1ccc(C(N)c2ccco2)cc1. The van der Waals surface area contributed by atoms with E-state index in [0.29, 0.717) is 0 Å². The van der Waals surface area contributed by atoms with Crippen molar-refractivity contribution in [2.75, 3.05) is 6.61 Å². The van der Waals surface area contributed by atoms with E-state index in [1.54, 1.807) is 6.26 Å². The first-order valence-corrected chi connectivity index (χ1v) is 5.83. The fraction of sp³-hybridized carbons (Fsp3) is 0.286. The van der Waals surface area contributed by atoms with Crippen molar-refractivity contribution >= 4 is 0 Å². The van der Waals surface area contributed by atoms with Crippen molar-refractivity contribution in [1.82, 2.24) is 0 Å². The van der Waals surface area contributed by atoms with Crippen LogP contribution in [-0.2, 0) is 0 Å². The topological polar surface area (TPSA) is 48.4 Å². The third-order valence-corrected chi connectivity index (χ3v) is 2.56. The molecule has 2 aromatic rings. The molecule has 0 amide bonds. The lowest BCUT2D eigenvalue weighted by Gasteiger charge is -2.10. The van der Waals surface area contributed by atoms with Gasteiger partial charge in [-0.15, -0.1) is 0 Å². The van der Waals surface area contributed by atoms with Crippen LogP contribution in [0.1, 0.15) is 30.7 Å². The van der Waals surface area contributed by atoms with Crippen molar-refractivity contribution in [3.8, 4) is 5.75 Å². The first-order valence-electron chi connectivity index (χ1n) is 5.83. The van der Waals surface area contributed by atoms with Crippen molar-refractivity contribution in [3.05, 3.63) is 54.0 Å². The van der Waals surface area contributed by atoms with Crippen molar-refractivity contribution in [3.63, 3.8) is 0 Å². The molecule has 0 bridgehead atoms. The van der Waals surface area contributed by atoms with E-state index in [1.807, 2.05) is 36.4 Å². The summed E-state index contributed by atoms with van der Waals surface area (Å²) >= 11 is 0. The summed E-state index contributed by atoms with van der Waals surface area (Å²) in [4.78, 5) is 0. The monoisotopic (exact) mass is 231 g/mol. The van der Waals surface area contributed by atoms with Gasteiger partial charge in [-0.05, 0) is 36.2 Å².